The largest absolute Gasteiger partial charge is 0.399 e. The van der Waals surface area contributed by atoms with Gasteiger partial charge in [0.25, 0.3) is 5.91 Å². The molecule has 3 nitrogen and oxygen atoms in total. The van der Waals surface area contributed by atoms with E-state index < -0.39 is 11.7 Å². The fourth-order valence-corrected chi connectivity index (χ4v) is 3.66. The van der Waals surface area contributed by atoms with Crippen LogP contribution in [0.3, 0.4) is 0 Å². The normalized spacial score (nSPS) is 13.2. The van der Waals surface area contributed by atoms with Crippen LogP contribution >= 0.6 is 11.3 Å². The number of nitrogens with two attached hydrogens (primary N) is 1. The van der Waals surface area contributed by atoms with Crippen molar-refractivity contribution in [3.05, 3.63) is 51.0 Å². The second kappa shape index (κ2) is 5.25. The molecule has 1 aliphatic carbocycles. The molecule has 1 aromatic carbocycles. The van der Waals surface area contributed by atoms with Gasteiger partial charge in [-0.1, -0.05) is 0 Å². The van der Waals surface area contributed by atoms with Crippen LogP contribution in [0.25, 0.3) is 0 Å². The van der Waals surface area contributed by atoms with E-state index in [9.17, 15) is 9.18 Å². The molecule has 1 aliphatic rings. The number of carbonyl (C=O) groups is 1. The summed E-state index contributed by atoms with van der Waals surface area (Å²) >= 11 is 1.73. The molecule has 0 fully saturated rings. The monoisotopic (exact) mass is 290 g/mol. The molecule has 3 rings (SSSR count). The predicted octanol–water partition coefficient (Wildman–Crippen LogP) is 2.89. The summed E-state index contributed by atoms with van der Waals surface area (Å²) in [5.41, 5.74) is 7.35. The van der Waals surface area contributed by atoms with Gasteiger partial charge < -0.3 is 11.1 Å². The molecule has 104 valence electrons. The summed E-state index contributed by atoms with van der Waals surface area (Å²) in [6, 6.07) is 6.15. The summed E-state index contributed by atoms with van der Waals surface area (Å²) < 4.78 is 13.6. The first-order valence-corrected chi connectivity index (χ1v) is 7.39. The van der Waals surface area contributed by atoms with E-state index in [2.05, 4.69) is 11.4 Å². The molecule has 0 bridgehead atoms. The first kappa shape index (κ1) is 13.1. The number of benzene rings is 1. The first-order valence-electron chi connectivity index (χ1n) is 6.57. The quantitative estimate of drug-likeness (QED) is 0.854. The van der Waals surface area contributed by atoms with E-state index in [0.717, 1.165) is 17.7 Å². The smallest absolute Gasteiger partial charge is 0.254 e. The Bertz CT molecular complexity index is 644. The first-order chi connectivity index (χ1) is 9.63. The minimum absolute atomic E-state index is 0.00547. The minimum Gasteiger partial charge on any atom is -0.399 e. The third-order valence-electron chi connectivity index (χ3n) is 3.46. The van der Waals surface area contributed by atoms with E-state index in [1.165, 1.54) is 35.1 Å². The lowest BCUT2D eigenvalue weighted by Crippen LogP contribution is -2.23. The molecule has 0 atom stereocenters. The van der Waals surface area contributed by atoms with Crippen LogP contribution < -0.4 is 11.1 Å². The summed E-state index contributed by atoms with van der Waals surface area (Å²) in [4.78, 5) is 14.5. The summed E-state index contributed by atoms with van der Waals surface area (Å²) in [7, 11) is 0. The fraction of sp³-hybridized carbons (Fsp3) is 0.267. The van der Waals surface area contributed by atoms with Crippen molar-refractivity contribution in [2.24, 2.45) is 0 Å². The zero-order chi connectivity index (χ0) is 14.1. The summed E-state index contributed by atoms with van der Waals surface area (Å²) in [6.07, 6.45) is 3.49. The van der Waals surface area contributed by atoms with Gasteiger partial charge in [0.05, 0.1) is 12.1 Å². The van der Waals surface area contributed by atoms with Gasteiger partial charge in [-0.2, -0.15) is 0 Å². The van der Waals surface area contributed by atoms with Gasteiger partial charge in [0.1, 0.15) is 5.82 Å². The number of halogens is 1. The highest BCUT2D eigenvalue weighted by Gasteiger charge is 2.16. The number of anilines is 1. The van der Waals surface area contributed by atoms with Crippen LogP contribution in [0.4, 0.5) is 10.1 Å². The van der Waals surface area contributed by atoms with Crippen LogP contribution in [0, 0.1) is 5.82 Å². The Kier molecular flexibility index (Phi) is 3.44. The summed E-state index contributed by atoms with van der Waals surface area (Å²) in [5.74, 6) is -0.978. The van der Waals surface area contributed by atoms with Gasteiger partial charge in [-0.15, -0.1) is 11.3 Å². The third kappa shape index (κ3) is 2.54. The Balaban J connectivity index is 1.68. The average molecular weight is 290 g/mol. The van der Waals surface area contributed by atoms with Crippen molar-refractivity contribution >= 4 is 22.9 Å². The van der Waals surface area contributed by atoms with Crippen LogP contribution in [0.15, 0.2) is 24.3 Å². The van der Waals surface area contributed by atoms with E-state index in [1.54, 1.807) is 11.3 Å². The minimum atomic E-state index is -0.551. The highest BCUT2D eigenvalue weighted by molar-refractivity contribution is 7.12. The second-order valence-electron chi connectivity index (χ2n) is 4.94. The molecule has 0 aliphatic heterocycles. The topological polar surface area (TPSA) is 55.1 Å². The molecule has 1 aromatic heterocycles. The maximum Gasteiger partial charge on any atom is 0.254 e. The molecule has 0 unspecified atom stereocenters. The van der Waals surface area contributed by atoms with Gasteiger partial charge in [0, 0.05) is 15.4 Å². The number of aryl methyl sites for hydroxylation is 2. The van der Waals surface area contributed by atoms with Crippen LogP contribution in [-0.2, 0) is 19.4 Å². The predicted molar refractivity (Wildman–Crippen MR) is 78.3 cm³/mol. The zero-order valence-corrected chi connectivity index (χ0v) is 11.7. The fourth-order valence-electron chi connectivity index (χ4n) is 2.46. The molecule has 0 radical (unpaired) electrons. The molecule has 1 amide bonds. The SMILES string of the molecule is Nc1ccc(F)c(C(=O)NCc2cc3c(s2)CCC3)c1. The molecule has 0 saturated carbocycles. The third-order valence-corrected chi connectivity index (χ3v) is 4.69. The van der Waals surface area contributed by atoms with E-state index in [1.807, 2.05) is 0 Å². The highest BCUT2D eigenvalue weighted by Crippen LogP contribution is 2.30. The van der Waals surface area contributed by atoms with Crippen molar-refractivity contribution in [3.8, 4) is 0 Å². The summed E-state index contributed by atoms with van der Waals surface area (Å²) in [5, 5.41) is 2.75. The Hall–Kier alpha value is -1.88. The Morgan fingerprint density at radius 3 is 3.00 bits per heavy atom. The number of amides is 1. The number of nitrogen functional groups attached to an aromatic ring is 1. The molecule has 2 aromatic rings. The van der Waals surface area contributed by atoms with E-state index in [-0.39, 0.29) is 5.56 Å². The number of rotatable bonds is 3. The number of hydrogen-bond donors (Lipinski definition) is 2. The molecule has 20 heavy (non-hydrogen) atoms. The van der Waals surface area contributed by atoms with Gasteiger partial charge in [-0.3, -0.25) is 4.79 Å². The van der Waals surface area contributed by atoms with Gasteiger partial charge in [0.2, 0.25) is 0 Å². The van der Waals surface area contributed by atoms with Gasteiger partial charge >= 0.3 is 0 Å². The van der Waals surface area contributed by atoms with Gasteiger partial charge in [-0.25, -0.2) is 4.39 Å². The Morgan fingerprint density at radius 2 is 2.20 bits per heavy atom. The maximum absolute atomic E-state index is 13.6. The van der Waals surface area contributed by atoms with Crippen LogP contribution in [0.1, 0.15) is 32.1 Å². The Morgan fingerprint density at radius 1 is 1.35 bits per heavy atom. The molecule has 0 saturated heterocycles. The van der Waals surface area contributed by atoms with Crippen LogP contribution in [0.5, 0.6) is 0 Å². The van der Waals surface area contributed by atoms with Crippen molar-refractivity contribution in [1.29, 1.82) is 0 Å². The number of nitrogens with one attached hydrogen (secondary N) is 1. The van der Waals surface area contributed by atoms with Crippen molar-refractivity contribution in [2.45, 2.75) is 25.8 Å². The van der Waals surface area contributed by atoms with Crippen molar-refractivity contribution in [1.82, 2.24) is 5.32 Å². The van der Waals surface area contributed by atoms with Gasteiger partial charge in [-0.05, 0) is 49.1 Å². The lowest BCUT2D eigenvalue weighted by atomic mass is 10.1. The van der Waals surface area contributed by atoms with Gasteiger partial charge in [0.15, 0.2) is 0 Å². The standard InChI is InChI=1S/C15H15FN2OS/c16-13-5-4-10(17)7-12(13)15(19)18-8-11-6-9-2-1-3-14(9)20-11/h4-7H,1-3,8,17H2,(H,18,19). The summed E-state index contributed by atoms with van der Waals surface area (Å²) in [6.45, 7) is 0.435. The highest BCUT2D eigenvalue weighted by atomic mass is 32.1. The van der Waals surface area contributed by atoms with E-state index >= 15 is 0 Å². The maximum atomic E-state index is 13.6. The zero-order valence-electron chi connectivity index (χ0n) is 10.9. The molecular formula is C15H15FN2OS. The second-order valence-corrected chi connectivity index (χ2v) is 6.16. The van der Waals surface area contributed by atoms with Crippen molar-refractivity contribution in [3.63, 3.8) is 0 Å². The molecule has 3 N–H and O–H groups in total. The van der Waals surface area contributed by atoms with E-state index in [0.29, 0.717) is 12.2 Å². The molecular weight excluding hydrogens is 275 g/mol. The van der Waals surface area contributed by atoms with Crippen molar-refractivity contribution < 1.29 is 9.18 Å². The number of fused-ring (bicyclic) bond motifs is 1. The number of hydrogen-bond acceptors (Lipinski definition) is 3. The number of thiophene rings is 1. The van der Waals surface area contributed by atoms with Crippen LogP contribution in [-0.4, -0.2) is 5.91 Å². The molecule has 1 heterocycles. The van der Waals surface area contributed by atoms with Crippen molar-refractivity contribution in [2.75, 3.05) is 5.73 Å². The number of carbonyl (C=O) groups excluding carboxylic acids is 1. The van der Waals surface area contributed by atoms with Crippen LogP contribution in [0.2, 0.25) is 0 Å². The van der Waals surface area contributed by atoms with E-state index in [4.69, 9.17) is 5.73 Å². The lowest BCUT2D eigenvalue weighted by Gasteiger charge is -2.06. The lowest BCUT2D eigenvalue weighted by molar-refractivity contribution is 0.0947. The average Bonchev–Trinajstić information content (AvgIpc) is 2.99. The molecule has 5 heteroatoms. The molecule has 0 spiro atoms. The Labute approximate surface area is 120 Å².